The van der Waals surface area contributed by atoms with Crippen molar-refractivity contribution >= 4 is 34.5 Å². The number of fused-ring (bicyclic) bond motifs is 1. The van der Waals surface area contributed by atoms with Crippen molar-refractivity contribution < 1.29 is 28.0 Å². The second-order valence-corrected chi connectivity index (χ2v) is 6.35. The largest absolute Gasteiger partial charge is 0.506 e. The van der Waals surface area contributed by atoms with Crippen molar-refractivity contribution in [3.05, 3.63) is 62.6 Å². The van der Waals surface area contributed by atoms with Gasteiger partial charge in [-0.1, -0.05) is 18.5 Å². The normalized spacial score (nSPS) is 11.6. The van der Waals surface area contributed by atoms with Crippen LogP contribution in [0.5, 0.6) is 5.75 Å². The molecule has 0 aliphatic carbocycles. The predicted molar refractivity (Wildman–Crippen MR) is 97.3 cm³/mol. The number of phenolic OH excluding ortho intramolecular Hbond substituents is 1. The lowest BCUT2D eigenvalue weighted by atomic mass is 10.2. The fraction of sp³-hybridized carbons (Fsp3) is 0.176. The number of benzene rings is 1. The Hall–Kier alpha value is -3.34. The zero-order valence-corrected chi connectivity index (χ0v) is 15.4. The lowest BCUT2D eigenvalue weighted by Crippen LogP contribution is -2.17. The van der Waals surface area contributed by atoms with Gasteiger partial charge >= 0.3 is 6.18 Å². The number of non-ortho nitro benzene ring substituents is 1. The summed E-state index contributed by atoms with van der Waals surface area (Å²) in [5.74, 6) is -1.37. The highest BCUT2D eigenvalue weighted by molar-refractivity contribution is 6.33. The SMILES string of the molecule is CCc1nc2c(Cl)cc(C(F)(F)F)cn2c1C(=O)Nc1cc([N+](=O)[O-])ccc1O. The molecule has 3 aromatic rings. The number of nitrogens with zero attached hydrogens (tertiary/aromatic N) is 3. The number of hydrogen-bond acceptors (Lipinski definition) is 5. The molecule has 2 heterocycles. The third-order valence-electron chi connectivity index (χ3n) is 4.06. The number of hydrogen-bond donors (Lipinski definition) is 2. The Morgan fingerprint density at radius 3 is 2.66 bits per heavy atom. The summed E-state index contributed by atoms with van der Waals surface area (Å²) in [6.45, 7) is 1.64. The number of halogens is 4. The summed E-state index contributed by atoms with van der Waals surface area (Å²) in [5, 5.41) is 22.7. The number of amides is 1. The van der Waals surface area contributed by atoms with Crippen LogP contribution in [0.1, 0.15) is 28.7 Å². The van der Waals surface area contributed by atoms with Gasteiger partial charge < -0.3 is 10.4 Å². The number of aryl methyl sites for hydroxylation is 1. The molecule has 3 rings (SSSR count). The molecule has 2 aromatic heterocycles. The van der Waals surface area contributed by atoms with Crippen LogP contribution in [0.15, 0.2) is 30.5 Å². The van der Waals surface area contributed by atoms with E-state index in [4.69, 9.17) is 11.6 Å². The van der Waals surface area contributed by atoms with Crippen LogP contribution < -0.4 is 5.32 Å². The number of aromatic nitrogens is 2. The number of nitro groups is 1. The average molecular weight is 429 g/mol. The van der Waals surface area contributed by atoms with Crippen molar-refractivity contribution in [3.63, 3.8) is 0 Å². The topological polar surface area (TPSA) is 110 Å². The molecule has 0 bridgehead atoms. The quantitative estimate of drug-likeness (QED) is 0.363. The van der Waals surface area contributed by atoms with Gasteiger partial charge in [0, 0.05) is 18.3 Å². The number of aromatic hydroxyl groups is 1. The van der Waals surface area contributed by atoms with Gasteiger partial charge in [-0.05, 0) is 18.6 Å². The summed E-state index contributed by atoms with van der Waals surface area (Å²) in [5.41, 5.74) is -1.88. The maximum absolute atomic E-state index is 13.1. The zero-order chi connectivity index (χ0) is 21.5. The lowest BCUT2D eigenvalue weighted by molar-refractivity contribution is -0.384. The Morgan fingerprint density at radius 2 is 2.07 bits per heavy atom. The third kappa shape index (κ3) is 3.81. The highest BCUT2D eigenvalue weighted by Crippen LogP contribution is 2.34. The molecule has 0 saturated heterocycles. The molecular formula is C17H12ClF3N4O4. The zero-order valence-electron chi connectivity index (χ0n) is 14.6. The van der Waals surface area contributed by atoms with E-state index in [0.717, 1.165) is 22.6 Å². The molecule has 0 atom stereocenters. The molecule has 0 unspecified atom stereocenters. The minimum atomic E-state index is -4.71. The van der Waals surface area contributed by atoms with Gasteiger partial charge in [0.15, 0.2) is 5.65 Å². The highest BCUT2D eigenvalue weighted by Gasteiger charge is 2.33. The van der Waals surface area contributed by atoms with Crippen molar-refractivity contribution in [1.29, 1.82) is 0 Å². The van der Waals surface area contributed by atoms with Gasteiger partial charge in [-0.3, -0.25) is 19.3 Å². The monoisotopic (exact) mass is 428 g/mol. The van der Waals surface area contributed by atoms with E-state index in [1.807, 2.05) is 0 Å². The molecule has 152 valence electrons. The van der Waals surface area contributed by atoms with E-state index in [0.29, 0.717) is 12.3 Å². The number of carbonyl (C=O) groups is 1. The fourth-order valence-electron chi connectivity index (χ4n) is 2.71. The second kappa shape index (κ2) is 7.24. The molecule has 0 radical (unpaired) electrons. The van der Waals surface area contributed by atoms with E-state index in [1.54, 1.807) is 6.92 Å². The first-order valence-electron chi connectivity index (χ1n) is 8.09. The van der Waals surface area contributed by atoms with Crippen molar-refractivity contribution in [3.8, 4) is 5.75 Å². The second-order valence-electron chi connectivity index (χ2n) is 5.94. The minimum absolute atomic E-state index is 0.0510. The van der Waals surface area contributed by atoms with Gasteiger partial charge in [0.1, 0.15) is 11.4 Å². The van der Waals surface area contributed by atoms with Crippen LogP contribution in [0.3, 0.4) is 0 Å². The Labute approximate surface area is 165 Å². The standard InChI is InChI=1S/C17H12ClF3N4O4/c1-2-11-14(16(27)23-12-6-9(25(28)29)3-4-13(12)26)24-7-8(17(19,20)21)5-10(18)15(24)22-11/h3-7,26H,2H2,1H3,(H,23,27). The molecule has 0 fully saturated rings. The molecule has 12 heteroatoms. The van der Waals surface area contributed by atoms with E-state index >= 15 is 0 Å². The molecule has 0 spiro atoms. The molecule has 0 aliphatic rings. The van der Waals surface area contributed by atoms with E-state index in [1.165, 1.54) is 0 Å². The number of nitro benzene ring substituents is 1. The van der Waals surface area contributed by atoms with Crippen LogP contribution in [0.25, 0.3) is 5.65 Å². The summed E-state index contributed by atoms with van der Waals surface area (Å²) in [6, 6.07) is 3.68. The molecule has 1 amide bonds. The van der Waals surface area contributed by atoms with E-state index in [9.17, 15) is 33.2 Å². The van der Waals surface area contributed by atoms with E-state index in [-0.39, 0.29) is 34.2 Å². The van der Waals surface area contributed by atoms with Crippen LogP contribution in [0, 0.1) is 10.1 Å². The van der Waals surface area contributed by atoms with Crippen LogP contribution >= 0.6 is 11.6 Å². The van der Waals surface area contributed by atoms with E-state index < -0.39 is 34.0 Å². The minimum Gasteiger partial charge on any atom is -0.506 e. The van der Waals surface area contributed by atoms with Gasteiger partial charge in [-0.15, -0.1) is 0 Å². The number of phenols is 1. The van der Waals surface area contributed by atoms with Crippen molar-refractivity contribution in [2.24, 2.45) is 0 Å². The molecular weight excluding hydrogens is 417 g/mol. The summed E-state index contributed by atoms with van der Waals surface area (Å²) in [7, 11) is 0. The first-order chi connectivity index (χ1) is 13.5. The number of rotatable bonds is 4. The average Bonchev–Trinajstić information content (AvgIpc) is 3.02. The third-order valence-corrected chi connectivity index (χ3v) is 4.34. The van der Waals surface area contributed by atoms with Crippen LogP contribution in [-0.2, 0) is 12.6 Å². The summed E-state index contributed by atoms with van der Waals surface area (Å²) >= 11 is 5.93. The molecule has 2 N–H and O–H groups in total. The molecule has 0 aliphatic heterocycles. The van der Waals surface area contributed by atoms with Crippen molar-refractivity contribution in [1.82, 2.24) is 9.38 Å². The smallest absolute Gasteiger partial charge is 0.417 e. The Bertz CT molecular complexity index is 1140. The van der Waals surface area contributed by atoms with Gasteiger partial charge in [0.25, 0.3) is 11.6 Å². The summed E-state index contributed by atoms with van der Waals surface area (Å²) in [4.78, 5) is 27.1. The molecule has 8 nitrogen and oxygen atoms in total. The van der Waals surface area contributed by atoms with Crippen LogP contribution in [0.4, 0.5) is 24.5 Å². The van der Waals surface area contributed by atoms with Gasteiger partial charge in [-0.25, -0.2) is 4.98 Å². The Morgan fingerprint density at radius 1 is 1.38 bits per heavy atom. The van der Waals surface area contributed by atoms with E-state index in [2.05, 4.69) is 10.3 Å². The number of nitrogens with one attached hydrogen (secondary N) is 1. The number of pyridine rings is 1. The Kier molecular flexibility index (Phi) is 5.09. The van der Waals surface area contributed by atoms with Crippen molar-refractivity contribution in [2.45, 2.75) is 19.5 Å². The van der Waals surface area contributed by atoms with Gasteiger partial charge in [0.05, 0.1) is 26.9 Å². The summed E-state index contributed by atoms with van der Waals surface area (Å²) < 4.78 is 40.4. The summed E-state index contributed by atoms with van der Waals surface area (Å²) in [6.07, 6.45) is -3.82. The van der Waals surface area contributed by atoms with Gasteiger partial charge in [-0.2, -0.15) is 13.2 Å². The predicted octanol–water partition coefficient (Wildman–Crippen LogP) is 4.44. The molecule has 29 heavy (non-hydrogen) atoms. The van der Waals surface area contributed by atoms with Crippen molar-refractivity contribution in [2.75, 3.05) is 5.32 Å². The number of carbonyl (C=O) groups excluding carboxylic acids is 1. The van der Waals surface area contributed by atoms with Crippen LogP contribution in [-0.4, -0.2) is 25.3 Å². The maximum Gasteiger partial charge on any atom is 0.417 e. The Balaban J connectivity index is 2.13. The number of alkyl halides is 3. The fourth-order valence-corrected chi connectivity index (χ4v) is 2.96. The molecule has 1 aromatic carbocycles. The first kappa shape index (κ1) is 20.4. The maximum atomic E-state index is 13.1. The lowest BCUT2D eigenvalue weighted by Gasteiger charge is -2.11. The molecule has 0 saturated carbocycles. The number of anilines is 1. The van der Waals surface area contributed by atoms with Crippen LogP contribution in [0.2, 0.25) is 5.02 Å². The van der Waals surface area contributed by atoms with Gasteiger partial charge in [0.2, 0.25) is 0 Å². The highest BCUT2D eigenvalue weighted by atomic mass is 35.5. The first-order valence-corrected chi connectivity index (χ1v) is 8.47. The number of imidazole rings is 1.